The minimum Gasteiger partial charge on any atom is -0.344 e. The first-order chi connectivity index (χ1) is 6.97. The average molecular weight is 232 g/mol. The van der Waals surface area contributed by atoms with E-state index in [-0.39, 0.29) is 6.15 Å². The topological polar surface area (TPSA) is 47.0 Å². The van der Waals surface area contributed by atoms with E-state index in [2.05, 4.69) is 53.9 Å². The molecule has 0 fully saturated rings. The van der Waals surface area contributed by atoms with E-state index in [4.69, 9.17) is 0 Å². The van der Waals surface area contributed by atoms with Crippen molar-refractivity contribution in [2.45, 2.75) is 73.3 Å². The van der Waals surface area contributed by atoms with Crippen molar-refractivity contribution >= 4 is 0 Å². The average Bonchev–Trinajstić information content (AvgIpc) is 2.15. The molecule has 0 aliphatic heterocycles. The van der Waals surface area contributed by atoms with Crippen LogP contribution < -0.4 is 11.5 Å². The summed E-state index contributed by atoms with van der Waals surface area (Å²) in [4.78, 5) is 0. The molecular weight excluding hydrogens is 196 g/mol. The van der Waals surface area contributed by atoms with Gasteiger partial charge in [0.15, 0.2) is 0 Å². The maximum atomic E-state index is 3.36. The Hall–Kier alpha value is -0.0800. The van der Waals surface area contributed by atoms with Gasteiger partial charge in [0.25, 0.3) is 0 Å². The van der Waals surface area contributed by atoms with E-state index >= 15 is 0 Å². The molecule has 0 saturated carbocycles. The van der Waals surface area contributed by atoms with Crippen LogP contribution in [0.3, 0.4) is 0 Å². The molecule has 0 amide bonds. The fourth-order valence-corrected chi connectivity index (χ4v) is 1.47. The third-order valence-corrected chi connectivity index (χ3v) is 2.42. The number of nitrogens with one attached hydrogen (secondary N) is 1. The minimum atomic E-state index is 0. The molecule has 0 bridgehead atoms. The molecule has 0 spiro atoms. The molecule has 2 nitrogen and oxygen atoms in total. The van der Waals surface area contributed by atoms with Gasteiger partial charge in [-0.3, -0.25) is 0 Å². The van der Waals surface area contributed by atoms with Crippen LogP contribution in [-0.2, 0) is 0 Å². The molecule has 102 valence electrons. The predicted octanol–water partition coefficient (Wildman–Crippen LogP) is 4.64. The first-order valence-corrected chi connectivity index (χ1v) is 6.65. The molecule has 0 rings (SSSR count). The van der Waals surface area contributed by atoms with Crippen molar-refractivity contribution in [2.75, 3.05) is 7.05 Å². The molecule has 0 heterocycles. The third kappa shape index (κ3) is 19.5. The summed E-state index contributed by atoms with van der Waals surface area (Å²) < 4.78 is 0. The number of hydrogen-bond donors (Lipinski definition) is 2. The monoisotopic (exact) mass is 232 g/mol. The number of hydrogen-bond acceptors (Lipinski definition) is 2. The molecule has 0 aromatic carbocycles. The molecule has 2 heteroatoms. The molecule has 0 unspecified atom stereocenters. The predicted molar refractivity (Wildman–Crippen MR) is 77.4 cm³/mol. The van der Waals surface area contributed by atoms with E-state index in [1.165, 1.54) is 25.7 Å². The summed E-state index contributed by atoms with van der Waals surface area (Å²) in [6.07, 6.45) is 5.24. The molecule has 0 aliphatic carbocycles. The lowest BCUT2D eigenvalue weighted by Gasteiger charge is -2.19. The van der Waals surface area contributed by atoms with Gasteiger partial charge in [-0.15, -0.1) is 0 Å². The molecular formula is C14H36N2. The molecule has 0 aromatic heterocycles. The van der Waals surface area contributed by atoms with Crippen molar-refractivity contribution in [1.82, 2.24) is 11.5 Å². The number of rotatable bonds is 6. The van der Waals surface area contributed by atoms with Gasteiger partial charge in [0.2, 0.25) is 0 Å². The Morgan fingerprint density at radius 2 is 1.12 bits per heavy atom. The summed E-state index contributed by atoms with van der Waals surface area (Å²) in [5, 5.41) is 3.36. The van der Waals surface area contributed by atoms with E-state index < -0.39 is 0 Å². The van der Waals surface area contributed by atoms with E-state index in [1.807, 2.05) is 0 Å². The van der Waals surface area contributed by atoms with E-state index in [0.29, 0.717) is 0 Å². The Labute approximate surface area is 104 Å². The molecule has 0 aliphatic rings. The molecule has 0 radical (unpaired) electrons. The molecule has 4 N–H and O–H groups in total. The van der Waals surface area contributed by atoms with Crippen LogP contribution in [0.25, 0.3) is 0 Å². The second-order valence-electron chi connectivity index (χ2n) is 5.24. The third-order valence-electron chi connectivity index (χ3n) is 2.42. The Balaban J connectivity index is -0.000000292. The fourth-order valence-electron chi connectivity index (χ4n) is 1.47. The Bertz CT molecular complexity index is 99.3. The van der Waals surface area contributed by atoms with Crippen molar-refractivity contribution < 1.29 is 0 Å². The van der Waals surface area contributed by atoms with Gasteiger partial charge < -0.3 is 11.5 Å². The SMILES string of the molecule is CCCC.CNC(CC(C)C)CC(C)C.N. The maximum absolute atomic E-state index is 3.36. The zero-order valence-corrected chi connectivity index (χ0v) is 12.8. The van der Waals surface area contributed by atoms with Gasteiger partial charge in [-0.05, 0) is 31.7 Å². The maximum Gasteiger partial charge on any atom is 0.00689 e. The molecule has 16 heavy (non-hydrogen) atoms. The first-order valence-electron chi connectivity index (χ1n) is 6.65. The lowest BCUT2D eigenvalue weighted by atomic mass is 9.96. The molecule has 0 aromatic rings. The van der Waals surface area contributed by atoms with E-state index in [9.17, 15) is 0 Å². The van der Waals surface area contributed by atoms with E-state index in [1.54, 1.807) is 0 Å². The second kappa shape index (κ2) is 14.9. The summed E-state index contributed by atoms with van der Waals surface area (Å²) in [7, 11) is 2.06. The summed E-state index contributed by atoms with van der Waals surface area (Å²) in [5.74, 6) is 1.62. The smallest absolute Gasteiger partial charge is 0.00689 e. The fraction of sp³-hybridized carbons (Fsp3) is 1.00. The quantitative estimate of drug-likeness (QED) is 0.701. The van der Waals surface area contributed by atoms with Gasteiger partial charge in [-0.25, -0.2) is 0 Å². The zero-order chi connectivity index (χ0) is 12.3. The lowest BCUT2D eigenvalue weighted by Crippen LogP contribution is -2.28. The highest BCUT2D eigenvalue weighted by Crippen LogP contribution is 2.12. The van der Waals surface area contributed by atoms with Crippen LogP contribution in [0, 0.1) is 11.8 Å². The Kier molecular flexibility index (Phi) is 19.8. The van der Waals surface area contributed by atoms with Crippen LogP contribution in [-0.4, -0.2) is 13.1 Å². The number of unbranched alkanes of at least 4 members (excludes halogenated alkanes) is 1. The van der Waals surface area contributed by atoms with Crippen LogP contribution in [0.4, 0.5) is 0 Å². The van der Waals surface area contributed by atoms with Gasteiger partial charge in [-0.1, -0.05) is 54.4 Å². The van der Waals surface area contributed by atoms with Crippen LogP contribution in [0.2, 0.25) is 0 Å². The van der Waals surface area contributed by atoms with Crippen molar-refractivity contribution in [2.24, 2.45) is 11.8 Å². The second-order valence-corrected chi connectivity index (χ2v) is 5.24. The van der Waals surface area contributed by atoms with Crippen LogP contribution in [0.15, 0.2) is 0 Å². The van der Waals surface area contributed by atoms with Crippen molar-refractivity contribution in [3.05, 3.63) is 0 Å². The largest absolute Gasteiger partial charge is 0.344 e. The summed E-state index contributed by atoms with van der Waals surface area (Å²) in [5.41, 5.74) is 0. The Morgan fingerprint density at radius 1 is 0.812 bits per heavy atom. The molecule has 0 atom stereocenters. The first kappa shape index (κ1) is 21.2. The van der Waals surface area contributed by atoms with Gasteiger partial charge in [0, 0.05) is 6.04 Å². The van der Waals surface area contributed by atoms with Crippen LogP contribution >= 0.6 is 0 Å². The van der Waals surface area contributed by atoms with Gasteiger partial charge in [-0.2, -0.15) is 0 Å². The van der Waals surface area contributed by atoms with Crippen LogP contribution in [0.1, 0.15) is 67.2 Å². The van der Waals surface area contributed by atoms with Gasteiger partial charge in [0.1, 0.15) is 0 Å². The molecule has 0 saturated heterocycles. The highest BCUT2D eigenvalue weighted by Gasteiger charge is 2.09. The normalized spacial score (nSPS) is 10.1. The van der Waals surface area contributed by atoms with E-state index in [0.717, 1.165) is 17.9 Å². The van der Waals surface area contributed by atoms with Crippen molar-refractivity contribution in [1.29, 1.82) is 0 Å². The summed E-state index contributed by atoms with van der Waals surface area (Å²) in [6, 6.07) is 0.718. The van der Waals surface area contributed by atoms with Crippen molar-refractivity contribution in [3.63, 3.8) is 0 Å². The lowest BCUT2D eigenvalue weighted by molar-refractivity contribution is 0.378. The highest BCUT2D eigenvalue weighted by molar-refractivity contribution is 4.67. The highest BCUT2D eigenvalue weighted by atomic mass is 14.9. The van der Waals surface area contributed by atoms with Gasteiger partial charge >= 0.3 is 0 Å². The van der Waals surface area contributed by atoms with Gasteiger partial charge in [0.05, 0.1) is 0 Å². The standard InChI is InChI=1S/C10H23N.C4H10.H3N/c1-8(2)6-10(11-5)7-9(3)4;1-3-4-2;/h8-11H,6-7H2,1-5H3;3-4H2,1-2H3;1H3. The minimum absolute atomic E-state index is 0. The Morgan fingerprint density at radius 3 is 1.25 bits per heavy atom. The van der Waals surface area contributed by atoms with Crippen LogP contribution in [0.5, 0.6) is 0 Å². The summed E-state index contributed by atoms with van der Waals surface area (Å²) >= 11 is 0. The summed E-state index contributed by atoms with van der Waals surface area (Å²) in [6.45, 7) is 13.5. The zero-order valence-electron chi connectivity index (χ0n) is 12.8. The van der Waals surface area contributed by atoms with Crippen molar-refractivity contribution in [3.8, 4) is 0 Å².